The fourth-order valence-corrected chi connectivity index (χ4v) is 6.22. The van der Waals surface area contributed by atoms with Crippen LogP contribution in [0.2, 0.25) is 0 Å². The number of nitrogens with zero attached hydrogens (tertiary/aromatic N) is 2. The summed E-state index contributed by atoms with van der Waals surface area (Å²) in [7, 11) is 0. The maximum absolute atomic E-state index is 13.8. The summed E-state index contributed by atoms with van der Waals surface area (Å²) in [5, 5.41) is 14.4. The number of benzene rings is 1. The van der Waals surface area contributed by atoms with Crippen LogP contribution in [0.4, 0.5) is 0 Å². The Kier molecular flexibility index (Phi) is 7.05. The summed E-state index contributed by atoms with van der Waals surface area (Å²) in [6.07, 6.45) is 7.87. The summed E-state index contributed by atoms with van der Waals surface area (Å²) < 4.78 is 5.46. The Bertz CT molecular complexity index is 1030. The molecule has 1 aliphatic carbocycles. The molecule has 1 saturated carbocycles. The number of amides is 2. The Labute approximate surface area is 199 Å². The summed E-state index contributed by atoms with van der Waals surface area (Å²) in [6.45, 7) is 3.64. The minimum Gasteiger partial charge on any atom is -0.483 e. The number of fused-ring (bicyclic) bond motifs is 2. The highest BCUT2D eigenvalue weighted by Gasteiger charge is 2.60. The number of hydrogen-bond donors (Lipinski definition) is 2. The third kappa shape index (κ3) is 4.10. The van der Waals surface area contributed by atoms with Gasteiger partial charge in [-0.1, -0.05) is 55.3 Å². The lowest BCUT2D eigenvalue weighted by atomic mass is 9.71. The van der Waals surface area contributed by atoms with Crippen LogP contribution in [0.15, 0.2) is 34.9 Å². The second-order valence-corrected chi connectivity index (χ2v) is 9.56. The van der Waals surface area contributed by atoms with Crippen LogP contribution in [0.1, 0.15) is 74.4 Å². The zero-order valence-corrected chi connectivity index (χ0v) is 19.8. The van der Waals surface area contributed by atoms with Crippen molar-refractivity contribution in [2.24, 2.45) is 5.41 Å². The first kappa shape index (κ1) is 24.0. The molecule has 5 rings (SSSR count). The lowest BCUT2D eigenvalue weighted by molar-refractivity contribution is -0.133. The standard InChI is InChI=1S/C25H31N3O3.CH2O2/c1-3-25(24(30)26-18-11-7-8-12-18)15-19-13-14-20(25)28(19)23(29)21-16(2)31-27-22(21)17-9-5-4-6-10-17;2-1-3/h4-6,9-10,18-20H,3,7-8,11-15H2,1-2H3,(H,26,30);1H,(H,2,3)/t19-,20+,25+;/m1./s1. The van der Waals surface area contributed by atoms with Gasteiger partial charge in [0.1, 0.15) is 17.0 Å². The fourth-order valence-electron chi connectivity index (χ4n) is 6.22. The van der Waals surface area contributed by atoms with Crippen molar-refractivity contribution < 1.29 is 24.0 Å². The van der Waals surface area contributed by atoms with Crippen molar-refractivity contribution >= 4 is 18.3 Å². The van der Waals surface area contributed by atoms with E-state index in [0.29, 0.717) is 23.1 Å². The first-order chi connectivity index (χ1) is 16.5. The molecule has 0 radical (unpaired) electrons. The number of carbonyl (C=O) groups excluding carboxylic acids is 2. The Balaban J connectivity index is 0.000000868. The molecule has 3 fully saturated rings. The van der Waals surface area contributed by atoms with Crippen LogP contribution in [-0.2, 0) is 9.59 Å². The molecule has 2 amide bonds. The molecule has 1 aromatic carbocycles. The topological polar surface area (TPSA) is 113 Å². The number of aromatic nitrogens is 1. The van der Waals surface area contributed by atoms with Crippen molar-refractivity contribution in [2.75, 3.05) is 0 Å². The maximum atomic E-state index is 13.8. The predicted octanol–water partition coefficient (Wildman–Crippen LogP) is 4.18. The van der Waals surface area contributed by atoms with Crippen LogP contribution in [-0.4, -0.2) is 51.6 Å². The second-order valence-electron chi connectivity index (χ2n) is 9.56. The average Bonchev–Trinajstić information content (AvgIpc) is 3.63. The van der Waals surface area contributed by atoms with Crippen molar-refractivity contribution in [3.8, 4) is 11.3 Å². The number of hydrogen-bond acceptors (Lipinski definition) is 5. The van der Waals surface area contributed by atoms with Gasteiger partial charge in [-0.15, -0.1) is 0 Å². The third-order valence-corrected chi connectivity index (χ3v) is 7.87. The van der Waals surface area contributed by atoms with E-state index in [0.717, 1.165) is 44.1 Å². The summed E-state index contributed by atoms with van der Waals surface area (Å²) in [4.78, 5) is 37.7. The van der Waals surface area contributed by atoms with E-state index < -0.39 is 5.41 Å². The Morgan fingerprint density at radius 2 is 1.88 bits per heavy atom. The smallest absolute Gasteiger partial charge is 0.290 e. The summed E-state index contributed by atoms with van der Waals surface area (Å²) in [6, 6.07) is 10.0. The lowest BCUT2D eigenvalue weighted by Crippen LogP contribution is -2.51. The SMILES string of the molecule is CC[C@]1(C(=O)NC2CCCC2)C[C@H]2CC[C@@H]1N2C(=O)c1c(-c2ccccc2)noc1C.O=CO. The fraction of sp³-hybridized carbons (Fsp3) is 0.538. The van der Waals surface area contributed by atoms with E-state index in [1.165, 1.54) is 12.8 Å². The number of nitrogens with one attached hydrogen (secondary N) is 1. The van der Waals surface area contributed by atoms with Crippen molar-refractivity contribution in [1.82, 2.24) is 15.4 Å². The van der Waals surface area contributed by atoms with E-state index >= 15 is 0 Å². The zero-order chi connectivity index (χ0) is 24.3. The molecule has 2 saturated heterocycles. The highest BCUT2D eigenvalue weighted by Crippen LogP contribution is 2.53. The van der Waals surface area contributed by atoms with Gasteiger partial charge >= 0.3 is 0 Å². The molecule has 8 nitrogen and oxygen atoms in total. The van der Waals surface area contributed by atoms with Crippen molar-refractivity contribution in [1.29, 1.82) is 0 Å². The van der Waals surface area contributed by atoms with E-state index in [1.54, 1.807) is 6.92 Å². The van der Waals surface area contributed by atoms with Crippen LogP contribution in [0.25, 0.3) is 11.3 Å². The minimum absolute atomic E-state index is 0.0471. The molecule has 2 aromatic rings. The normalized spacial score (nSPS) is 25.6. The number of aryl methyl sites for hydroxylation is 1. The molecule has 2 N–H and O–H groups in total. The van der Waals surface area contributed by atoms with Gasteiger partial charge in [-0.05, 0) is 45.4 Å². The van der Waals surface area contributed by atoms with Gasteiger partial charge in [0.25, 0.3) is 12.4 Å². The Hall–Kier alpha value is -3.16. The molecule has 3 aliphatic rings. The molecular formula is C26H33N3O5. The zero-order valence-electron chi connectivity index (χ0n) is 19.8. The van der Waals surface area contributed by atoms with Crippen molar-refractivity contribution in [3.05, 3.63) is 41.7 Å². The molecule has 3 atom stereocenters. The molecule has 2 aliphatic heterocycles. The molecule has 34 heavy (non-hydrogen) atoms. The molecule has 8 heteroatoms. The van der Waals surface area contributed by atoms with E-state index in [1.807, 2.05) is 35.2 Å². The number of carboxylic acid groups (broad SMARTS) is 1. The monoisotopic (exact) mass is 467 g/mol. The Morgan fingerprint density at radius 1 is 1.21 bits per heavy atom. The lowest BCUT2D eigenvalue weighted by Gasteiger charge is -2.36. The summed E-state index contributed by atoms with van der Waals surface area (Å²) in [5.41, 5.74) is 1.51. The number of rotatable bonds is 5. The van der Waals surface area contributed by atoms with Gasteiger partial charge in [0.15, 0.2) is 0 Å². The molecule has 182 valence electrons. The van der Waals surface area contributed by atoms with Crippen LogP contribution in [0, 0.1) is 12.3 Å². The van der Waals surface area contributed by atoms with Gasteiger partial charge in [-0.25, -0.2) is 0 Å². The molecular weight excluding hydrogens is 434 g/mol. The molecule has 3 heterocycles. The number of carbonyl (C=O) groups is 3. The average molecular weight is 468 g/mol. The third-order valence-electron chi connectivity index (χ3n) is 7.87. The van der Waals surface area contributed by atoms with Gasteiger partial charge < -0.3 is 19.8 Å². The highest BCUT2D eigenvalue weighted by atomic mass is 16.5. The van der Waals surface area contributed by atoms with Crippen molar-refractivity contribution in [2.45, 2.75) is 83.3 Å². The minimum atomic E-state index is -0.487. The van der Waals surface area contributed by atoms with Gasteiger partial charge in [0.2, 0.25) is 5.91 Å². The second kappa shape index (κ2) is 9.99. The van der Waals surface area contributed by atoms with Crippen molar-refractivity contribution in [3.63, 3.8) is 0 Å². The summed E-state index contributed by atoms with van der Waals surface area (Å²) in [5.74, 6) is 0.638. The Morgan fingerprint density at radius 3 is 2.53 bits per heavy atom. The van der Waals surface area contributed by atoms with Crippen LogP contribution < -0.4 is 5.32 Å². The molecule has 1 aromatic heterocycles. The molecule has 0 spiro atoms. The van der Waals surface area contributed by atoms with Crippen LogP contribution in [0.3, 0.4) is 0 Å². The van der Waals surface area contributed by atoms with Crippen LogP contribution >= 0.6 is 0 Å². The highest BCUT2D eigenvalue weighted by molar-refractivity contribution is 6.02. The predicted molar refractivity (Wildman–Crippen MR) is 126 cm³/mol. The summed E-state index contributed by atoms with van der Waals surface area (Å²) >= 11 is 0. The first-order valence-electron chi connectivity index (χ1n) is 12.2. The van der Waals surface area contributed by atoms with Crippen LogP contribution in [0.5, 0.6) is 0 Å². The van der Waals surface area contributed by atoms with E-state index in [-0.39, 0.29) is 30.4 Å². The van der Waals surface area contributed by atoms with Gasteiger partial charge in [0.05, 0.1) is 5.41 Å². The molecule has 2 bridgehead atoms. The quantitative estimate of drug-likeness (QED) is 0.638. The van der Waals surface area contributed by atoms with E-state index in [9.17, 15) is 9.59 Å². The first-order valence-corrected chi connectivity index (χ1v) is 12.2. The maximum Gasteiger partial charge on any atom is 0.290 e. The van der Waals surface area contributed by atoms with Gasteiger partial charge in [0, 0.05) is 23.7 Å². The van der Waals surface area contributed by atoms with E-state index in [2.05, 4.69) is 17.4 Å². The molecule has 0 unspecified atom stereocenters. The largest absolute Gasteiger partial charge is 0.483 e. The van der Waals surface area contributed by atoms with E-state index in [4.69, 9.17) is 14.4 Å². The van der Waals surface area contributed by atoms with Gasteiger partial charge in [-0.3, -0.25) is 14.4 Å². The van der Waals surface area contributed by atoms with Gasteiger partial charge in [-0.2, -0.15) is 0 Å².